The van der Waals surface area contributed by atoms with Crippen LogP contribution < -0.4 is 15.4 Å². The Bertz CT molecular complexity index is 924. The van der Waals surface area contributed by atoms with E-state index in [9.17, 15) is 23.2 Å². The molecule has 7 nitrogen and oxygen atoms in total. The molecule has 1 atom stereocenters. The van der Waals surface area contributed by atoms with Crippen LogP contribution >= 0.6 is 0 Å². The first-order valence-electron chi connectivity index (χ1n) is 8.11. The second kappa shape index (κ2) is 8.12. The van der Waals surface area contributed by atoms with Gasteiger partial charge in [0.15, 0.2) is 17.2 Å². The number of carbonyl (C=O) groups is 1. The number of alkyl halides is 3. The average Bonchev–Trinajstić information content (AvgIpc) is 2.65. The number of Topliss-reactive ketones (excluding diaryl/α,β-unsaturated/α-hetero) is 1. The van der Waals surface area contributed by atoms with Crippen molar-refractivity contribution in [2.45, 2.75) is 25.6 Å². The van der Waals surface area contributed by atoms with Crippen molar-refractivity contribution in [3.8, 4) is 11.9 Å². The number of methoxy groups -OCH3 is 1. The number of ether oxygens (including phenoxy) is 1. The highest BCUT2D eigenvalue weighted by Crippen LogP contribution is 2.30. The maximum absolute atomic E-state index is 12.8. The number of nitriles is 1. The Morgan fingerprint density at radius 1 is 1.39 bits per heavy atom. The summed E-state index contributed by atoms with van der Waals surface area (Å²) in [6, 6.07) is 5.71. The number of benzene rings is 1. The zero-order chi connectivity index (χ0) is 21.1. The Morgan fingerprint density at radius 2 is 2.07 bits per heavy atom. The Labute approximate surface area is 159 Å². The maximum atomic E-state index is 12.8. The van der Waals surface area contributed by atoms with Crippen molar-refractivity contribution < 1.29 is 22.7 Å². The fraction of sp³-hybridized carbons (Fsp3) is 0.333. The Kier molecular flexibility index (Phi) is 6.08. The number of nitrogens with two attached hydrogens (primary N) is 1. The summed E-state index contributed by atoms with van der Waals surface area (Å²) < 4.78 is 43.6. The lowest BCUT2D eigenvalue weighted by molar-refractivity contribution is -0.137. The minimum Gasteiger partial charge on any atom is -0.480 e. The maximum Gasteiger partial charge on any atom is 0.416 e. The van der Waals surface area contributed by atoms with E-state index in [1.165, 1.54) is 31.2 Å². The van der Waals surface area contributed by atoms with Crippen molar-refractivity contribution in [3.63, 3.8) is 0 Å². The van der Waals surface area contributed by atoms with Crippen molar-refractivity contribution in [2.24, 2.45) is 0 Å². The number of ketones is 1. The summed E-state index contributed by atoms with van der Waals surface area (Å²) in [4.78, 5) is 21.8. The SMILES string of the molecule is COc1nc(N)nc(N(C)[C@@H](C)C(=O)Cc2cccc(C(F)(F)F)c2)c1C#N. The Morgan fingerprint density at radius 3 is 2.64 bits per heavy atom. The Hall–Kier alpha value is -3.35. The zero-order valence-corrected chi connectivity index (χ0v) is 15.4. The van der Waals surface area contributed by atoms with Crippen LogP contribution in [0.1, 0.15) is 23.6 Å². The summed E-state index contributed by atoms with van der Waals surface area (Å²) in [7, 11) is 2.84. The Balaban J connectivity index is 2.27. The summed E-state index contributed by atoms with van der Waals surface area (Å²) in [5.74, 6) is -0.441. The largest absolute Gasteiger partial charge is 0.480 e. The molecule has 0 aliphatic carbocycles. The van der Waals surface area contributed by atoms with Crippen molar-refractivity contribution >= 4 is 17.5 Å². The number of halogens is 3. The molecule has 0 spiro atoms. The summed E-state index contributed by atoms with van der Waals surface area (Å²) in [5.41, 5.74) is 5.04. The predicted octanol–water partition coefficient (Wildman–Crippen LogP) is 2.59. The molecule has 10 heteroatoms. The molecule has 0 unspecified atom stereocenters. The molecule has 2 aromatic rings. The van der Waals surface area contributed by atoms with E-state index in [0.717, 1.165) is 12.1 Å². The van der Waals surface area contributed by atoms with Crippen LogP contribution in [-0.4, -0.2) is 36.0 Å². The van der Waals surface area contributed by atoms with Crippen molar-refractivity contribution in [3.05, 3.63) is 41.0 Å². The molecule has 0 radical (unpaired) electrons. The van der Waals surface area contributed by atoms with E-state index >= 15 is 0 Å². The van der Waals surface area contributed by atoms with Gasteiger partial charge >= 0.3 is 6.18 Å². The van der Waals surface area contributed by atoms with Crippen LogP contribution in [-0.2, 0) is 17.4 Å². The summed E-state index contributed by atoms with van der Waals surface area (Å²) in [6.07, 6.45) is -4.70. The molecule has 1 aromatic heterocycles. The van der Waals surface area contributed by atoms with Gasteiger partial charge in [0.25, 0.3) is 0 Å². The van der Waals surface area contributed by atoms with Crippen molar-refractivity contribution in [2.75, 3.05) is 24.8 Å². The third kappa shape index (κ3) is 4.49. The number of rotatable bonds is 6. The third-order valence-electron chi connectivity index (χ3n) is 4.19. The summed E-state index contributed by atoms with van der Waals surface area (Å²) in [6.45, 7) is 1.56. The quantitative estimate of drug-likeness (QED) is 0.804. The first kappa shape index (κ1) is 21.0. The fourth-order valence-corrected chi connectivity index (χ4v) is 2.55. The van der Waals surface area contributed by atoms with E-state index in [0.29, 0.717) is 0 Å². The van der Waals surface area contributed by atoms with Gasteiger partial charge in [-0.05, 0) is 18.6 Å². The normalized spacial score (nSPS) is 12.2. The minimum atomic E-state index is -4.49. The molecular weight excluding hydrogens is 375 g/mol. The highest BCUT2D eigenvalue weighted by Gasteiger charge is 2.31. The predicted molar refractivity (Wildman–Crippen MR) is 95.7 cm³/mol. The highest BCUT2D eigenvalue weighted by atomic mass is 19.4. The van der Waals surface area contributed by atoms with E-state index in [-0.39, 0.29) is 41.0 Å². The van der Waals surface area contributed by atoms with E-state index in [4.69, 9.17) is 10.5 Å². The molecule has 0 saturated carbocycles. The topological polar surface area (TPSA) is 105 Å². The van der Waals surface area contributed by atoms with E-state index in [2.05, 4.69) is 9.97 Å². The first-order valence-corrected chi connectivity index (χ1v) is 8.11. The van der Waals surface area contributed by atoms with E-state index in [1.54, 1.807) is 6.92 Å². The first-order chi connectivity index (χ1) is 13.1. The molecule has 2 rings (SSSR count). The lowest BCUT2D eigenvalue weighted by Crippen LogP contribution is -2.38. The van der Waals surface area contributed by atoms with Gasteiger partial charge in [0.2, 0.25) is 11.8 Å². The third-order valence-corrected chi connectivity index (χ3v) is 4.19. The molecule has 0 bridgehead atoms. The van der Waals surface area contributed by atoms with Gasteiger partial charge in [0.1, 0.15) is 6.07 Å². The number of carbonyl (C=O) groups excluding carboxylic acids is 1. The number of hydrogen-bond donors (Lipinski definition) is 1. The monoisotopic (exact) mass is 393 g/mol. The van der Waals surface area contributed by atoms with Crippen LogP contribution in [0.15, 0.2) is 24.3 Å². The number of aromatic nitrogens is 2. The van der Waals surface area contributed by atoms with Crippen LogP contribution in [0.3, 0.4) is 0 Å². The van der Waals surface area contributed by atoms with Gasteiger partial charge in [-0.25, -0.2) is 0 Å². The number of anilines is 2. The molecule has 0 amide bonds. The van der Waals surface area contributed by atoms with E-state index in [1.807, 2.05) is 6.07 Å². The van der Waals surface area contributed by atoms with Crippen molar-refractivity contribution in [1.82, 2.24) is 9.97 Å². The van der Waals surface area contributed by atoms with Gasteiger partial charge in [0.05, 0.1) is 18.7 Å². The second-order valence-electron chi connectivity index (χ2n) is 6.03. The fourth-order valence-electron chi connectivity index (χ4n) is 2.55. The van der Waals surface area contributed by atoms with Crippen LogP contribution in [0.25, 0.3) is 0 Å². The molecule has 0 aliphatic heterocycles. The van der Waals surface area contributed by atoms with Gasteiger partial charge < -0.3 is 15.4 Å². The van der Waals surface area contributed by atoms with Gasteiger partial charge in [0, 0.05) is 13.5 Å². The van der Waals surface area contributed by atoms with Gasteiger partial charge in [-0.1, -0.05) is 18.2 Å². The molecule has 1 heterocycles. The van der Waals surface area contributed by atoms with Crippen LogP contribution in [0.4, 0.5) is 24.9 Å². The van der Waals surface area contributed by atoms with Crippen LogP contribution in [0, 0.1) is 11.3 Å². The van der Waals surface area contributed by atoms with Crippen molar-refractivity contribution in [1.29, 1.82) is 5.26 Å². The average molecular weight is 393 g/mol. The highest BCUT2D eigenvalue weighted by molar-refractivity contribution is 5.88. The smallest absolute Gasteiger partial charge is 0.416 e. The lowest BCUT2D eigenvalue weighted by atomic mass is 10.0. The molecule has 2 N–H and O–H groups in total. The van der Waals surface area contributed by atoms with Crippen LogP contribution in [0.2, 0.25) is 0 Å². The van der Waals surface area contributed by atoms with Crippen LogP contribution in [0.5, 0.6) is 5.88 Å². The molecule has 28 heavy (non-hydrogen) atoms. The lowest BCUT2D eigenvalue weighted by Gasteiger charge is -2.26. The number of likely N-dealkylation sites (N-methyl/N-ethyl adjacent to an activating group) is 1. The minimum absolute atomic E-state index is 0.00193. The second-order valence-corrected chi connectivity index (χ2v) is 6.03. The molecular formula is C18H18F3N5O2. The molecule has 0 saturated heterocycles. The van der Waals surface area contributed by atoms with Gasteiger partial charge in [-0.3, -0.25) is 4.79 Å². The standard InChI is InChI=1S/C18H18F3N5O2/c1-10(14(27)8-11-5-4-6-12(7-11)18(19,20)21)26(2)15-13(9-22)16(28-3)25-17(23)24-15/h4-7,10H,8H2,1-3H3,(H2,23,24,25)/t10-/m0/s1. The number of hydrogen-bond acceptors (Lipinski definition) is 7. The van der Waals surface area contributed by atoms with Gasteiger partial charge in [-0.15, -0.1) is 0 Å². The number of nitrogens with zero attached hydrogens (tertiary/aromatic N) is 4. The molecule has 0 aliphatic rings. The number of nitrogen functional groups attached to an aromatic ring is 1. The molecule has 1 aromatic carbocycles. The van der Waals surface area contributed by atoms with Gasteiger partial charge in [-0.2, -0.15) is 28.4 Å². The van der Waals surface area contributed by atoms with E-state index < -0.39 is 17.8 Å². The summed E-state index contributed by atoms with van der Waals surface area (Å²) in [5, 5.41) is 9.36. The molecule has 0 fully saturated rings. The zero-order valence-electron chi connectivity index (χ0n) is 15.4. The molecule has 148 valence electrons. The summed E-state index contributed by atoms with van der Waals surface area (Å²) >= 11 is 0.